The van der Waals surface area contributed by atoms with Crippen molar-refractivity contribution in [3.05, 3.63) is 54.1 Å². The number of para-hydroxylation sites is 2. The van der Waals surface area contributed by atoms with Crippen LogP contribution >= 0.6 is 0 Å². The molecule has 1 heterocycles. The van der Waals surface area contributed by atoms with E-state index < -0.39 is 18.0 Å². The minimum atomic E-state index is -0.987. The fourth-order valence-electron chi connectivity index (χ4n) is 3.07. The van der Waals surface area contributed by atoms with Crippen molar-refractivity contribution in [2.45, 2.75) is 32.8 Å². The zero-order valence-corrected chi connectivity index (χ0v) is 16.5. The summed E-state index contributed by atoms with van der Waals surface area (Å²) in [7, 11) is 0. The molecule has 1 N–H and O–H groups in total. The molecule has 7 heteroatoms. The van der Waals surface area contributed by atoms with Crippen molar-refractivity contribution < 1.29 is 23.9 Å². The molecule has 152 valence electrons. The van der Waals surface area contributed by atoms with E-state index in [0.717, 1.165) is 11.3 Å². The topological polar surface area (TPSA) is 84.9 Å². The van der Waals surface area contributed by atoms with Crippen molar-refractivity contribution >= 4 is 29.2 Å². The maximum Gasteiger partial charge on any atom is 0.306 e. The number of amides is 2. The fourth-order valence-corrected chi connectivity index (χ4v) is 3.07. The summed E-state index contributed by atoms with van der Waals surface area (Å²) in [5.41, 5.74) is 2.25. The van der Waals surface area contributed by atoms with Gasteiger partial charge in [-0.25, -0.2) is 0 Å². The van der Waals surface area contributed by atoms with Crippen LogP contribution in [0.5, 0.6) is 5.75 Å². The first-order valence-corrected chi connectivity index (χ1v) is 9.53. The van der Waals surface area contributed by atoms with Crippen LogP contribution in [-0.4, -0.2) is 37.0 Å². The maximum absolute atomic E-state index is 12.7. The Kier molecular flexibility index (Phi) is 6.49. The van der Waals surface area contributed by atoms with Gasteiger partial charge in [0.05, 0.1) is 18.0 Å². The summed E-state index contributed by atoms with van der Waals surface area (Å²) in [6, 6.07) is 14.7. The third kappa shape index (κ3) is 5.34. The van der Waals surface area contributed by atoms with Gasteiger partial charge in [-0.3, -0.25) is 19.3 Å². The van der Waals surface area contributed by atoms with Crippen LogP contribution in [0.2, 0.25) is 0 Å². The van der Waals surface area contributed by atoms with Crippen molar-refractivity contribution in [2.24, 2.45) is 0 Å². The van der Waals surface area contributed by atoms with E-state index >= 15 is 0 Å². The summed E-state index contributed by atoms with van der Waals surface area (Å²) >= 11 is 0. The molecule has 29 heavy (non-hydrogen) atoms. The minimum Gasteiger partial charge on any atom is -0.494 e. The summed E-state index contributed by atoms with van der Waals surface area (Å²) in [4.78, 5) is 38.0. The van der Waals surface area contributed by atoms with Gasteiger partial charge in [0.15, 0.2) is 6.10 Å². The monoisotopic (exact) mass is 396 g/mol. The highest BCUT2D eigenvalue weighted by Crippen LogP contribution is 2.29. The highest BCUT2D eigenvalue weighted by Gasteiger charge is 2.31. The van der Waals surface area contributed by atoms with Crippen LogP contribution in [0.25, 0.3) is 0 Å². The Morgan fingerprint density at radius 1 is 1.17 bits per heavy atom. The largest absolute Gasteiger partial charge is 0.494 e. The molecule has 2 amide bonds. The third-order valence-electron chi connectivity index (χ3n) is 4.48. The van der Waals surface area contributed by atoms with E-state index in [0.29, 0.717) is 24.4 Å². The molecule has 2 aromatic rings. The second kappa shape index (κ2) is 9.23. The summed E-state index contributed by atoms with van der Waals surface area (Å²) in [5, 5.41) is 2.72. The molecule has 0 saturated carbocycles. The Labute approximate surface area is 169 Å². The maximum atomic E-state index is 12.7. The van der Waals surface area contributed by atoms with Gasteiger partial charge in [-0.2, -0.15) is 0 Å². The molecular weight excluding hydrogens is 372 g/mol. The lowest BCUT2D eigenvalue weighted by molar-refractivity contribution is -0.154. The van der Waals surface area contributed by atoms with Crippen LogP contribution in [0.3, 0.4) is 0 Å². The first-order valence-electron chi connectivity index (χ1n) is 9.53. The fraction of sp³-hybridized carbons (Fsp3) is 0.318. The van der Waals surface area contributed by atoms with Gasteiger partial charge in [-0.15, -0.1) is 0 Å². The number of ether oxygens (including phenoxy) is 2. The number of nitrogens with one attached hydrogen (secondary N) is 1. The van der Waals surface area contributed by atoms with E-state index in [9.17, 15) is 14.4 Å². The molecular formula is C22H24N2O5. The number of benzene rings is 2. The van der Waals surface area contributed by atoms with Gasteiger partial charge in [0, 0.05) is 6.42 Å². The number of fused-ring (bicyclic) bond motifs is 1. The van der Waals surface area contributed by atoms with Crippen molar-refractivity contribution in [3.63, 3.8) is 0 Å². The Morgan fingerprint density at radius 2 is 1.97 bits per heavy atom. The van der Waals surface area contributed by atoms with E-state index in [-0.39, 0.29) is 18.9 Å². The Bertz CT molecular complexity index is 912. The zero-order chi connectivity index (χ0) is 20.8. The van der Waals surface area contributed by atoms with E-state index in [1.165, 1.54) is 11.8 Å². The number of carbonyl (C=O) groups excluding carboxylic acids is 3. The molecule has 1 atom stereocenters. The Balaban J connectivity index is 1.48. The lowest BCUT2D eigenvalue weighted by atomic mass is 10.1. The molecule has 0 fully saturated rings. The number of nitrogens with zero attached hydrogens (tertiary/aromatic N) is 1. The first-order chi connectivity index (χ1) is 13.9. The molecule has 0 unspecified atom stereocenters. The molecule has 7 nitrogen and oxygen atoms in total. The Hall–Kier alpha value is -3.35. The van der Waals surface area contributed by atoms with E-state index in [1.54, 1.807) is 24.3 Å². The van der Waals surface area contributed by atoms with Crippen LogP contribution in [-0.2, 0) is 19.1 Å². The van der Waals surface area contributed by atoms with Gasteiger partial charge in [-0.1, -0.05) is 24.3 Å². The summed E-state index contributed by atoms with van der Waals surface area (Å²) < 4.78 is 10.9. The zero-order valence-electron chi connectivity index (χ0n) is 16.5. The van der Waals surface area contributed by atoms with Crippen LogP contribution in [0.4, 0.5) is 11.4 Å². The summed E-state index contributed by atoms with van der Waals surface area (Å²) in [6.45, 7) is 3.76. The number of esters is 1. The molecule has 3 rings (SSSR count). The molecule has 0 spiro atoms. The van der Waals surface area contributed by atoms with Crippen molar-refractivity contribution in [2.75, 3.05) is 23.4 Å². The van der Waals surface area contributed by atoms with Gasteiger partial charge in [0.25, 0.3) is 5.91 Å². The average Bonchev–Trinajstić information content (AvgIpc) is 2.70. The molecule has 1 aliphatic heterocycles. The quantitative estimate of drug-likeness (QED) is 0.574. The predicted octanol–water partition coefficient (Wildman–Crippen LogP) is 3.07. The minimum absolute atomic E-state index is 0.109. The Morgan fingerprint density at radius 3 is 2.76 bits per heavy atom. The van der Waals surface area contributed by atoms with Crippen molar-refractivity contribution in [3.8, 4) is 5.75 Å². The SMILES string of the molecule is Cc1cccc(OCCCC(=O)O[C@H](C)C(=O)N2CC(=O)Nc3ccccc32)c1. The van der Waals surface area contributed by atoms with Gasteiger partial charge in [0.1, 0.15) is 12.3 Å². The van der Waals surface area contributed by atoms with Gasteiger partial charge >= 0.3 is 5.97 Å². The molecule has 0 bridgehead atoms. The van der Waals surface area contributed by atoms with E-state index in [1.807, 2.05) is 31.2 Å². The first kappa shape index (κ1) is 20.4. The third-order valence-corrected chi connectivity index (χ3v) is 4.48. The van der Waals surface area contributed by atoms with Crippen molar-refractivity contribution in [1.29, 1.82) is 0 Å². The number of hydrogen-bond donors (Lipinski definition) is 1. The van der Waals surface area contributed by atoms with Gasteiger partial charge in [0.2, 0.25) is 5.91 Å². The van der Waals surface area contributed by atoms with E-state index in [2.05, 4.69) is 5.32 Å². The average molecular weight is 396 g/mol. The molecule has 2 aromatic carbocycles. The normalized spacial score (nSPS) is 13.9. The lowest BCUT2D eigenvalue weighted by Gasteiger charge is -2.30. The second-order valence-corrected chi connectivity index (χ2v) is 6.89. The van der Waals surface area contributed by atoms with Crippen LogP contribution in [0, 0.1) is 6.92 Å². The summed E-state index contributed by atoms with van der Waals surface area (Å²) in [5.74, 6) is -0.446. The molecule has 0 radical (unpaired) electrons. The molecule has 0 aromatic heterocycles. The smallest absolute Gasteiger partial charge is 0.306 e. The van der Waals surface area contributed by atoms with Crippen LogP contribution in [0.1, 0.15) is 25.3 Å². The van der Waals surface area contributed by atoms with Crippen molar-refractivity contribution in [1.82, 2.24) is 0 Å². The predicted molar refractivity (Wildman–Crippen MR) is 109 cm³/mol. The van der Waals surface area contributed by atoms with Crippen LogP contribution < -0.4 is 15.0 Å². The molecule has 1 aliphatic rings. The number of rotatable bonds is 7. The number of carbonyl (C=O) groups is 3. The number of aryl methyl sites for hydroxylation is 1. The lowest BCUT2D eigenvalue weighted by Crippen LogP contribution is -2.47. The van der Waals surface area contributed by atoms with Gasteiger partial charge < -0.3 is 14.8 Å². The molecule has 0 saturated heterocycles. The number of hydrogen-bond acceptors (Lipinski definition) is 5. The highest BCUT2D eigenvalue weighted by molar-refractivity contribution is 6.11. The van der Waals surface area contributed by atoms with Gasteiger partial charge in [-0.05, 0) is 50.1 Å². The molecule has 0 aliphatic carbocycles. The number of anilines is 2. The standard InChI is InChI=1S/C22H24N2O5/c1-15-7-5-8-17(13-15)28-12-6-11-21(26)29-16(2)22(27)24-14-20(25)23-18-9-3-4-10-19(18)24/h3-5,7-10,13,16H,6,11-12,14H2,1-2H3,(H,23,25)/t16-/m1/s1. The van der Waals surface area contributed by atoms with Crippen LogP contribution in [0.15, 0.2) is 48.5 Å². The second-order valence-electron chi connectivity index (χ2n) is 6.89. The summed E-state index contributed by atoms with van der Waals surface area (Å²) in [6.07, 6.45) is -0.373. The highest BCUT2D eigenvalue weighted by atomic mass is 16.5. The van der Waals surface area contributed by atoms with E-state index in [4.69, 9.17) is 9.47 Å².